The van der Waals surface area contributed by atoms with Crippen LogP contribution in [0.1, 0.15) is 24.4 Å². The fourth-order valence-corrected chi connectivity index (χ4v) is 2.79. The van der Waals surface area contributed by atoms with Crippen LogP contribution < -0.4 is 11.3 Å². The van der Waals surface area contributed by atoms with Crippen molar-refractivity contribution in [1.82, 2.24) is 5.43 Å². The second-order valence-electron chi connectivity index (χ2n) is 4.12. The first kappa shape index (κ1) is 12.0. The van der Waals surface area contributed by atoms with Crippen molar-refractivity contribution in [1.29, 1.82) is 0 Å². The van der Waals surface area contributed by atoms with Gasteiger partial charge in [-0.15, -0.1) is 0 Å². The number of ether oxygens (including phenoxy) is 1. The summed E-state index contributed by atoms with van der Waals surface area (Å²) in [5.74, 6) is 6.25. The Morgan fingerprint density at radius 2 is 2.00 bits per heavy atom. The molecular weight excluding hydrogens is 268 g/mol. The molecule has 0 spiro atoms. The minimum absolute atomic E-state index is 0.208. The van der Waals surface area contributed by atoms with Crippen molar-refractivity contribution >= 4 is 15.9 Å². The molecule has 1 aromatic carbocycles. The van der Waals surface area contributed by atoms with E-state index in [1.54, 1.807) is 0 Å². The maximum absolute atomic E-state index is 5.69. The number of rotatable bonds is 3. The molecule has 1 atom stereocenters. The van der Waals surface area contributed by atoms with Gasteiger partial charge in [0.15, 0.2) is 0 Å². The van der Waals surface area contributed by atoms with Gasteiger partial charge < -0.3 is 4.74 Å². The van der Waals surface area contributed by atoms with Crippen LogP contribution in [0.25, 0.3) is 0 Å². The van der Waals surface area contributed by atoms with Crippen molar-refractivity contribution in [3.63, 3.8) is 0 Å². The molecule has 1 aliphatic rings. The minimum atomic E-state index is 0.208. The second-order valence-corrected chi connectivity index (χ2v) is 4.97. The van der Waals surface area contributed by atoms with Gasteiger partial charge in [0.2, 0.25) is 0 Å². The van der Waals surface area contributed by atoms with Crippen molar-refractivity contribution in [2.24, 2.45) is 11.8 Å². The van der Waals surface area contributed by atoms with Crippen LogP contribution >= 0.6 is 15.9 Å². The highest BCUT2D eigenvalue weighted by Crippen LogP contribution is 2.33. The van der Waals surface area contributed by atoms with Crippen molar-refractivity contribution in [2.75, 3.05) is 13.2 Å². The molecule has 1 aromatic rings. The Balaban J connectivity index is 2.18. The van der Waals surface area contributed by atoms with Gasteiger partial charge in [0.1, 0.15) is 0 Å². The first-order valence-electron chi connectivity index (χ1n) is 5.61. The lowest BCUT2D eigenvalue weighted by molar-refractivity contribution is 0.0535. The Bertz CT molecular complexity index is 340. The molecule has 88 valence electrons. The summed E-state index contributed by atoms with van der Waals surface area (Å²) >= 11 is 3.58. The molecule has 16 heavy (non-hydrogen) atoms. The molecule has 1 unspecified atom stereocenters. The Hall–Kier alpha value is -0.420. The molecule has 0 amide bonds. The summed E-state index contributed by atoms with van der Waals surface area (Å²) in [5.41, 5.74) is 4.18. The van der Waals surface area contributed by atoms with E-state index >= 15 is 0 Å². The van der Waals surface area contributed by atoms with Crippen molar-refractivity contribution in [3.8, 4) is 0 Å². The molecule has 0 saturated carbocycles. The van der Waals surface area contributed by atoms with Crippen LogP contribution in [0.4, 0.5) is 0 Å². The van der Waals surface area contributed by atoms with Crippen molar-refractivity contribution in [3.05, 3.63) is 34.3 Å². The van der Waals surface area contributed by atoms with Crippen molar-refractivity contribution < 1.29 is 4.74 Å². The topological polar surface area (TPSA) is 47.3 Å². The Labute approximate surface area is 104 Å². The standard InChI is InChI=1S/C12H17BrN2O/c13-11-4-2-1-3-10(11)12(15-14)9-5-7-16-8-6-9/h1-4,9,12,15H,5-8,14H2. The van der Waals surface area contributed by atoms with E-state index in [-0.39, 0.29) is 6.04 Å². The van der Waals surface area contributed by atoms with E-state index in [0.29, 0.717) is 5.92 Å². The van der Waals surface area contributed by atoms with Crippen LogP contribution in [0, 0.1) is 5.92 Å². The summed E-state index contributed by atoms with van der Waals surface area (Å²) < 4.78 is 6.50. The third-order valence-corrected chi connectivity index (χ3v) is 3.88. The first-order valence-corrected chi connectivity index (χ1v) is 6.40. The minimum Gasteiger partial charge on any atom is -0.381 e. The SMILES string of the molecule is NNC(c1ccccc1Br)C1CCOCC1. The van der Waals surface area contributed by atoms with Crippen LogP contribution in [0.3, 0.4) is 0 Å². The molecule has 0 aliphatic carbocycles. The van der Waals surface area contributed by atoms with E-state index in [1.165, 1.54) is 5.56 Å². The average Bonchev–Trinajstić information content (AvgIpc) is 2.34. The van der Waals surface area contributed by atoms with Crippen LogP contribution in [0.2, 0.25) is 0 Å². The van der Waals surface area contributed by atoms with Crippen LogP contribution in [0.5, 0.6) is 0 Å². The third-order valence-electron chi connectivity index (χ3n) is 3.16. The molecule has 0 radical (unpaired) electrons. The molecule has 3 N–H and O–H groups in total. The number of hydrogen-bond donors (Lipinski definition) is 2. The molecule has 0 aromatic heterocycles. The van der Waals surface area contributed by atoms with Crippen LogP contribution in [-0.2, 0) is 4.74 Å². The predicted molar refractivity (Wildman–Crippen MR) is 67.7 cm³/mol. The molecule has 1 heterocycles. The third kappa shape index (κ3) is 2.63. The summed E-state index contributed by atoms with van der Waals surface area (Å²) in [7, 11) is 0. The number of nitrogens with two attached hydrogens (primary N) is 1. The zero-order chi connectivity index (χ0) is 11.4. The second kappa shape index (κ2) is 5.77. The monoisotopic (exact) mass is 284 g/mol. The zero-order valence-corrected chi connectivity index (χ0v) is 10.7. The molecule has 1 saturated heterocycles. The summed E-state index contributed by atoms with van der Waals surface area (Å²) in [6, 6.07) is 8.44. The summed E-state index contributed by atoms with van der Waals surface area (Å²) in [5, 5.41) is 0. The lowest BCUT2D eigenvalue weighted by Gasteiger charge is -2.30. The Morgan fingerprint density at radius 3 is 2.62 bits per heavy atom. The highest BCUT2D eigenvalue weighted by molar-refractivity contribution is 9.10. The van der Waals surface area contributed by atoms with Gasteiger partial charge in [-0.2, -0.15) is 0 Å². The van der Waals surface area contributed by atoms with Crippen molar-refractivity contribution in [2.45, 2.75) is 18.9 Å². The molecular formula is C12H17BrN2O. The molecule has 1 aliphatic heterocycles. The normalized spacial score (nSPS) is 19.6. The number of nitrogens with one attached hydrogen (secondary N) is 1. The Kier molecular flexibility index (Phi) is 4.35. The molecule has 1 fully saturated rings. The highest BCUT2D eigenvalue weighted by atomic mass is 79.9. The fraction of sp³-hybridized carbons (Fsp3) is 0.500. The van der Waals surface area contributed by atoms with E-state index in [1.807, 2.05) is 12.1 Å². The molecule has 4 heteroatoms. The van der Waals surface area contributed by atoms with Gasteiger partial charge >= 0.3 is 0 Å². The van der Waals surface area contributed by atoms with Gasteiger partial charge in [-0.25, -0.2) is 0 Å². The van der Waals surface area contributed by atoms with Crippen LogP contribution in [-0.4, -0.2) is 13.2 Å². The average molecular weight is 285 g/mol. The van der Waals surface area contributed by atoms with E-state index in [4.69, 9.17) is 10.6 Å². The van der Waals surface area contributed by atoms with Gasteiger partial charge in [0.25, 0.3) is 0 Å². The lowest BCUT2D eigenvalue weighted by atomic mass is 9.87. The molecule has 3 nitrogen and oxygen atoms in total. The lowest BCUT2D eigenvalue weighted by Crippen LogP contribution is -2.36. The van der Waals surface area contributed by atoms with E-state index in [2.05, 4.69) is 33.5 Å². The highest BCUT2D eigenvalue weighted by Gasteiger charge is 2.25. The van der Waals surface area contributed by atoms with Gasteiger partial charge in [-0.3, -0.25) is 11.3 Å². The smallest absolute Gasteiger partial charge is 0.0501 e. The summed E-state index contributed by atoms with van der Waals surface area (Å²) in [6.07, 6.45) is 2.13. The molecule has 2 rings (SSSR count). The van der Waals surface area contributed by atoms with Gasteiger partial charge in [0, 0.05) is 17.7 Å². The van der Waals surface area contributed by atoms with Crippen LogP contribution in [0.15, 0.2) is 28.7 Å². The van der Waals surface area contributed by atoms with Gasteiger partial charge in [0.05, 0.1) is 6.04 Å². The maximum Gasteiger partial charge on any atom is 0.0501 e. The van der Waals surface area contributed by atoms with Gasteiger partial charge in [-0.1, -0.05) is 34.1 Å². The molecule has 0 bridgehead atoms. The maximum atomic E-state index is 5.69. The predicted octanol–water partition coefficient (Wildman–Crippen LogP) is 2.38. The number of benzene rings is 1. The largest absolute Gasteiger partial charge is 0.381 e. The summed E-state index contributed by atoms with van der Waals surface area (Å²) in [6.45, 7) is 1.68. The van der Waals surface area contributed by atoms with E-state index < -0.39 is 0 Å². The number of hydrogen-bond acceptors (Lipinski definition) is 3. The first-order chi connectivity index (χ1) is 7.83. The van der Waals surface area contributed by atoms with Gasteiger partial charge in [-0.05, 0) is 30.4 Å². The number of hydrazine groups is 1. The van der Waals surface area contributed by atoms with E-state index in [0.717, 1.165) is 30.5 Å². The van der Waals surface area contributed by atoms with E-state index in [9.17, 15) is 0 Å². The quantitative estimate of drug-likeness (QED) is 0.662. The zero-order valence-electron chi connectivity index (χ0n) is 9.16. The number of halogens is 1. The fourth-order valence-electron chi connectivity index (χ4n) is 2.26. The summed E-state index contributed by atoms with van der Waals surface area (Å²) in [4.78, 5) is 0. The Morgan fingerprint density at radius 1 is 1.31 bits per heavy atom.